The van der Waals surface area contributed by atoms with Gasteiger partial charge in [-0.3, -0.25) is 4.79 Å². The minimum atomic E-state index is -0.854. The second-order valence-corrected chi connectivity index (χ2v) is 5.95. The van der Waals surface area contributed by atoms with Crippen LogP contribution in [0.4, 0.5) is 4.39 Å². The van der Waals surface area contributed by atoms with E-state index in [0.29, 0.717) is 6.54 Å². The molecule has 1 rings (SSSR count). The first-order chi connectivity index (χ1) is 9.76. The Bertz CT molecular complexity index is 521. The Morgan fingerprint density at radius 2 is 2.00 bits per heavy atom. The summed E-state index contributed by atoms with van der Waals surface area (Å²) in [6, 6.07) is 8.40. The topological polar surface area (TPSA) is 57.3 Å². The molecule has 0 radical (unpaired) electrons. The molecule has 0 saturated heterocycles. The standard InChI is InChI=1S/C16H22FN3O/c1-12(2)16(3,11-18)19-15(21)10-20(4)9-13-5-7-14(17)8-6-13/h5-8,12H,9-10H2,1-4H3,(H,19,21)/p+1/t16-/m1/s1. The van der Waals surface area contributed by atoms with Crippen LogP contribution in [-0.4, -0.2) is 25.0 Å². The highest BCUT2D eigenvalue weighted by Gasteiger charge is 2.30. The summed E-state index contributed by atoms with van der Waals surface area (Å²) < 4.78 is 12.8. The van der Waals surface area contributed by atoms with Crippen LogP contribution in [0, 0.1) is 23.1 Å². The summed E-state index contributed by atoms with van der Waals surface area (Å²) in [5, 5.41) is 12.0. The molecule has 1 aromatic carbocycles. The number of likely N-dealkylation sites (N-methyl/N-ethyl adjacent to an activating group) is 1. The maximum atomic E-state index is 12.8. The molecule has 0 saturated carbocycles. The van der Waals surface area contributed by atoms with E-state index in [4.69, 9.17) is 0 Å². The van der Waals surface area contributed by atoms with Crippen molar-refractivity contribution in [3.05, 3.63) is 35.6 Å². The lowest BCUT2D eigenvalue weighted by atomic mass is 9.90. The quantitative estimate of drug-likeness (QED) is 0.818. The molecule has 0 spiro atoms. The molecular weight excluding hydrogens is 269 g/mol. The lowest BCUT2D eigenvalue weighted by Gasteiger charge is -2.27. The molecule has 1 aromatic rings. The first-order valence-corrected chi connectivity index (χ1v) is 7.05. The summed E-state index contributed by atoms with van der Waals surface area (Å²) in [7, 11) is 1.89. The summed E-state index contributed by atoms with van der Waals surface area (Å²) in [5.41, 5.74) is 0.112. The van der Waals surface area contributed by atoms with E-state index < -0.39 is 5.54 Å². The average Bonchev–Trinajstić information content (AvgIpc) is 2.40. The number of hydrogen-bond acceptors (Lipinski definition) is 2. The highest BCUT2D eigenvalue weighted by Crippen LogP contribution is 2.14. The Labute approximate surface area is 125 Å². The first-order valence-electron chi connectivity index (χ1n) is 7.05. The van der Waals surface area contributed by atoms with Gasteiger partial charge in [0.2, 0.25) is 0 Å². The fourth-order valence-corrected chi connectivity index (χ4v) is 1.92. The van der Waals surface area contributed by atoms with Gasteiger partial charge in [-0.25, -0.2) is 4.39 Å². The third kappa shape index (κ3) is 5.16. The summed E-state index contributed by atoms with van der Waals surface area (Å²) in [4.78, 5) is 13.0. The number of hydrogen-bond donors (Lipinski definition) is 2. The van der Waals surface area contributed by atoms with Gasteiger partial charge in [-0.05, 0) is 25.0 Å². The highest BCUT2D eigenvalue weighted by molar-refractivity contribution is 5.78. The fourth-order valence-electron chi connectivity index (χ4n) is 1.92. The van der Waals surface area contributed by atoms with Crippen molar-refractivity contribution in [1.82, 2.24) is 5.32 Å². The van der Waals surface area contributed by atoms with Crippen LogP contribution in [0.3, 0.4) is 0 Å². The average molecular weight is 292 g/mol. The number of quaternary nitrogens is 1. The summed E-state index contributed by atoms with van der Waals surface area (Å²) >= 11 is 0. The van der Waals surface area contributed by atoms with E-state index in [0.717, 1.165) is 10.5 Å². The van der Waals surface area contributed by atoms with E-state index >= 15 is 0 Å². The lowest BCUT2D eigenvalue weighted by Crippen LogP contribution is -3.09. The van der Waals surface area contributed by atoms with E-state index in [2.05, 4.69) is 11.4 Å². The Morgan fingerprint density at radius 1 is 1.43 bits per heavy atom. The van der Waals surface area contributed by atoms with Crippen molar-refractivity contribution >= 4 is 5.91 Å². The van der Waals surface area contributed by atoms with Gasteiger partial charge in [-0.2, -0.15) is 5.26 Å². The summed E-state index contributed by atoms with van der Waals surface area (Å²) in [6.45, 7) is 6.42. The molecule has 0 aliphatic rings. The Kier molecular flexibility index (Phi) is 5.86. The Balaban J connectivity index is 2.55. The third-order valence-electron chi connectivity index (χ3n) is 3.67. The van der Waals surface area contributed by atoms with Crippen LogP contribution >= 0.6 is 0 Å². The molecule has 2 atom stereocenters. The second kappa shape index (κ2) is 7.19. The van der Waals surface area contributed by atoms with Crippen molar-refractivity contribution in [3.8, 4) is 6.07 Å². The zero-order valence-corrected chi connectivity index (χ0v) is 13.0. The predicted molar refractivity (Wildman–Crippen MR) is 78.9 cm³/mol. The highest BCUT2D eigenvalue weighted by atomic mass is 19.1. The number of halogens is 1. The zero-order valence-electron chi connectivity index (χ0n) is 13.0. The maximum Gasteiger partial charge on any atom is 0.276 e. The van der Waals surface area contributed by atoms with Gasteiger partial charge in [-0.15, -0.1) is 0 Å². The van der Waals surface area contributed by atoms with E-state index in [1.54, 1.807) is 19.1 Å². The van der Waals surface area contributed by atoms with Gasteiger partial charge in [0.05, 0.1) is 13.1 Å². The zero-order chi connectivity index (χ0) is 16.0. The fraction of sp³-hybridized carbons (Fsp3) is 0.500. The molecule has 0 bridgehead atoms. The summed E-state index contributed by atoms with van der Waals surface area (Å²) in [5.74, 6) is -0.396. The predicted octanol–water partition coefficient (Wildman–Crippen LogP) is 0.895. The van der Waals surface area contributed by atoms with Crippen LogP contribution in [0.15, 0.2) is 24.3 Å². The minimum absolute atomic E-state index is 0.0313. The number of amides is 1. The Hall–Kier alpha value is -1.93. The molecule has 4 nitrogen and oxygen atoms in total. The van der Waals surface area contributed by atoms with Crippen molar-refractivity contribution in [1.29, 1.82) is 5.26 Å². The molecular formula is C16H23FN3O+. The van der Waals surface area contributed by atoms with Gasteiger partial charge in [0.1, 0.15) is 17.9 Å². The number of benzene rings is 1. The number of nitrogens with zero attached hydrogens (tertiary/aromatic N) is 1. The maximum absolute atomic E-state index is 12.8. The van der Waals surface area contributed by atoms with Crippen LogP contribution in [0.1, 0.15) is 26.3 Å². The van der Waals surface area contributed by atoms with E-state index in [1.165, 1.54) is 12.1 Å². The molecule has 114 valence electrons. The van der Waals surface area contributed by atoms with Crippen molar-refractivity contribution in [2.45, 2.75) is 32.9 Å². The molecule has 1 unspecified atom stereocenters. The molecule has 0 aromatic heterocycles. The molecule has 5 heteroatoms. The SMILES string of the molecule is CC(C)[C@@](C)(C#N)NC(=O)C[NH+](C)Cc1ccc(F)cc1. The van der Waals surface area contributed by atoms with Gasteiger partial charge >= 0.3 is 0 Å². The van der Waals surface area contributed by atoms with E-state index in [1.807, 2.05) is 20.9 Å². The lowest BCUT2D eigenvalue weighted by molar-refractivity contribution is -0.885. The van der Waals surface area contributed by atoms with Crippen molar-refractivity contribution in [2.75, 3.05) is 13.6 Å². The molecule has 1 amide bonds. The van der Waals surface area contributed by atoms with Gasteiger partial charge in [0, 0.05) is 5.56 Å². The van der Waals surface area contributed by atoms with Crippen molar-refractivity contribution in [2.24, 2.45) is 5.92 Å². The third-order valence-corrected chi connectivity index (χ3v) is 3.67. The molecule has 0 aliphatic heterocycles. The molecule has 0 heterocycles. The molecule has 2 N–H and O–H groups in total. The molecule has 0 aliphatic carbocycles. The van der Waals surface area contributed by atoms with Crippen LogP contribution in [0.2, 0.25) is 0 Å². The number of nitriles is 1. The van der Waals surface area contributed by atoms with Gasteiger partial charge in [-0.1, -0.05) is 26.0 Å². The molecule has 21 heavy (non-hydrogen) atoms. The van der Waals surface area contributed by atoms with E-state index in [9.17, 15) is 14.4 Å². The number of rotatable bonds is 6. The monoisotopic (exact) mass is 292 g/mol. The smallest absolute Gasteiger partial charge is 0.276 e. The van der Waals surface area contributed by atoms with Crippen LogP contribution in [0.25, 0.3) is 0 Å². The summed E-state index contributed by atoms with van der Waals surface area (Å²) in [6.07, 6.45) is 0. The largest absolute Gasteiger partial charge is 0.333 e. The van der Waals surface area contributed by atoms with Gasteiger partial charge < -0.3 is 10.2 Å². The van der Waals surface area contributed by atoms with Crippen molar-refractivity contribution < 1.29 is 14.1 Å². The first kappa shape index (κ1) is 17.1. The number of nitrogens with one attached hydrogen (secondary N) is 2. The minimum Gasteiger partial charge on any atom is -0.333 e. The van der Waals surface area contributed by atoms with Crippen LogP contribution in [0.5, 0.6) is 0 Å². The number of carbonyl (C=O) groups is 1. The van der Waals surface area contributed by atoms with Crippen LogP contribution < -0.4 is 10.2 Å². The van der Waals surface area contributed by atoms with E-state index in [-0.39, 0.29) is 24.2 Å². The Morgan fingerprint density at radius 3 is 2.48 bits per heavy atom. The van der Waals surface area contributed by atoms with Crippen LogP contribution in [-0.2, 0) is 11.3 Å². The number of carbonyl (C=O) groups excluding carboxylic acids is 1. The normalized spacial score (nSPS) is 15.1. The van der Waals surface area contributed by atoms with Gasteiger partial charge in [0.25, 0.3) is 5.91 Å². The molecule has 0 fully saturated rings. The van der Waals surface area contributed by atoms with Crippen molar-refractivity contribution in [3.63, 3.8) is 0 Å². The van der Waals surface area contributed by atoms with Gasteiger partial charge in [0.15, 0.2) is 6.54 Å². The second-order valence-electron chi connectivity index (χ2n) is 5.95.